The minimum atomic E-state index is -0.236. The molecule has 2 aromatic heterocycles. The first-order valence-corrected chi connectivity index (χ1v) is 9.83. The number of amides is 2. The molecule has 0 unspecified atom stereocenters. The van der Waals surface area contributed by atoms with Crippen molar-refractivity contribution in [2.45, 2.75) is 37.5 Å². The summed E-state index contributed by atoms with van der Waals surface area (Å²) in [5, 5.41) is 12.2. The summed E-state index contributed by atoms with van der Waals surface area (Å²) in [5.74, 6) is 1.17. The average molecular weight is 379 g/mol. The van der Waals surface area contributed by atoms with Crippen LogP contribution in [0.15, 0.2) is 36.5 Å². The molecule has 5 rings (SSSR count). The summed E-state index contributed by atoms with van der Waals surface area (Å²) in [6, 6.07) is 8.50. The predicted molar refractivity (Wildman–Crippen MR) is 105 cm³/mol. The van der Waals surface area contributed by atoms with Crippen LogP contribution in [0.25, 0.3) is 10.9 Å². The number of anilines is 1. The third kappa shape index (κ3) is 3.32. The molecule has 1 saturated carbocycles. The van der Waals surface area contributed by atoms with Crippen LogP contribution in [0.1, 0.15) is 48.8 Å². The summed E-state index contributed by atoms with van der Waals surface area (Å²) in [6.07, 6.45) is 6.09. The molecular formula is C21H22FN5O. The van der Waals surface area contributed by atoms with Gasteiger partial charge in [0.05, 0.1) is 5.69 Å². The van der Waals surface area contributed by atoms with Crippen molar-refractivity contribution >= 4 is 22.8 Å². The van der Waals surface area contributed by atoms with Gasteiger partial charge in [0.1, 0.15) is 5.82 Å². The fourth-order valence-corrected chi connectivity index (χ4v) is 4.05. The Hall–Kier alpha value is -2.96. The summed E-state index contributed by atoms with van der Waals surface area (Å²) in [4.78, 5) is 17.5. The molecule has 1 aliphatic heterocycles. The largest absolute Gasteiger partial charge is 0.361 e. The van der Waals surface area contributed by atoms with Gasteiger partial charge in [-0.1, -0.05) is 0 Å². The van der Waals surface area contributed by atoms with Gasteiger partial charge in [0.15, 0.2) is 5.82 Å². The number of hydrogen-bond acceptors (Lipinski definition) is 3. The number of H-pyrrole nitrogens is 1. The molecule has 144 valence electrons. The van der Waals surface area contributed by atoms with Gasteiger partial charge in [-0.15, -0.1) is 5.10 Å². The maximum atomic E-state index is 13.4. The van der Waals surface area contributed by atoms with Gasteiger partial charge in [0, 0.05) is 36.1 Å². The van der Waals surface area contributed by atoms with Crippen molar-refractivity contribution in [1.29, 1.82) is 0 Å². The Kier molecular flexibility index (Phi) is 4.22. The first kappa shape index (κ1) is 17.2. The Bertz CT molecular complexity index is 1000. The second-order valence-corrected chi connectivity index (χ2v) is 7.74. The number of aromatic amines is 1. The van der Waals surface area contributed by atoms with Gasteiger partial charge < -0.3 is 9.88 Å². The molecule has 28 heavy (non-hydrogen) atoms. The number of carbonyl (C=O) groups is 1. The molecule has 6 nitrogen and oxygen atoms in total. The Labute approximate surface area is 162 Å². The fraction of sp³-hybridized carbons (Fsp3) is 0.381. The van der Waals surface area contributed by atoms with Crippen LogP contribution < -0.4 is 5.32 Å². The number of nitrogens with zero attached hydrogens (tertiary/aromatic N) is 3. The monoisotopic (exact) mass is 379 g/mol. The van der Waals surface area contributed by atoms with E-state index in [9.17, 15) is 9.18 Å². The molecule has 2 N–H and O–H groups in total. The Morgan fingerprint density at radius 2 is 1.89 bits per heavy atom. The highest BCUT2D eigenvalue weighted by Crippen LogP contribution is 2.38. The van der Waals surface area contributed by atoms with E-state index >= 15 is 0 Å². The molecule has 1 aromatic carbocycles. The van der Waals surface area contributed by atoms with Crippen molar-refractivity contribution in [3.05, 3.63) is 53.6 Å². The molecule has 2 fully saturated rings. The molecule has 7 heteroatoms. The number of aromatic nitrogens is 3. The summed E-state index contributed by atoms with van der Waals surface area (Å²) < 4.78 is 13.4. The number of urea groups is 1. The number of piperidine rings is 1. The predicted octanol–water partition coefficient (Wildman–Crippen LogP) is 4.39. The van der Waals surface area contributed by atoms with E-state index in [1.807, 2.05) is 29.3 Å². The van der Waals surface area contributed by atoms with Gasteiger partial charge >= 0.3 is 6.03 Å². The minimum absolute atomic E-state index is 0.132. The number of rotatable bonds is 3. The Balaban J connectivity index is 1.20. The highest BCUT2D eigenvalue weighted by atomic mass is 19.1. The molecule has 0 radical (unpaired) electrons. The zero-order valence-corrected chi connectivity index (χ0v) is 15.5. The Morgan fingerprint density at radius 1 is 1.07 bits per heavy atom. The number of carbonyl (C=O) groups excluding carboxylic acids is 1. The van der Waals surface area contributed by atoms with Gasteiger partial charge in [-0.3, -0.25) is 5.32 Å². The number of fused-ring (bicyclic) bond motifs is 1. The molecule has 3 aromatic rings. The highest BCUT2D eigenvalue weighted by Gasteiger charge is 2.27. The average Bonchev–Trinajstić information content (AvgIpc) is 3.48. The van der Waals surface area contributed by atoms with E-state index < -0.39 is 0 Å². The third-order valence-electron chi connectivity index (χ3n) is 5.81. The van der Waals surface area contributed by atoms with E-state index in [-0.39, 0.29) is 11.8 Å². The van der Waals surface area contributed by atoms with Gasteiger partial charge in [-0.25, -0.2) is 9.18 Å². The van der Waals surface area contributed by atoms with E-state index in [4.69, 9.17) is 0 Å². The zero-order valence-electron chi connectivity index (χ0n) is 15.5. The van der Waals surface area contributed by atoms with Crippen molar-refractivity contribution in [3.8, 4) is 0 Å². The van der Waals surface area contributed by atoms with Crippen molar-refractivity contribution in [1.82, 2.24) is 20.1 Å². The molecule has 3 heterocycles. The van der Waals surface area contributed by atoms with Gasteiger partial charge in [0.2, 0.25) is 0 Å². The standard InChI is InChI=1S/C21H22FN5O/c22-15-3-4-16-17(12-23-19(16)11-15)13-7-9-27(10-8-13)21(28)24-20-6-5-18(25-26-20)14-1-2-14/h3-6,11-14,23H,1-2,7-10H2,(H,24,26,28). The zero-order chi connectivity index (χ0) is 19.1. The lowest BCUT2D eigenvalue weighted by atomic mass is 9.89. The molecule has 0 spiro atoms. The van der Waals surface area contributed by atoms with Gasteiger partial charge in [-0.05, 0) is 67.5 Å². The van der Waals surface area contributed by atoms with Crippen LogP contribution in [0.4, 0.5) is 15.0 Å². The van der Waals surface area contributed by atoms with E-state index in [1.165, 1.54) is 30.5 Å². The summed E-state index contributed by atoms with van der Waals surface area (Å²) in [5.41, 5.74) is 3.04. The van der Waals surface area contributed by atoms with E-state index in [2.05, 4.69) is 20.5 Å². The second-order valence-electron chi connectivity index (χ2n) is 7.74. The SMILES string of the molecule is O=C(Nc1ccc(C2CC2)nn1)N1CCC(c2c[nH]c3cc(F)ccc23)CC1. The van der Waals surface area contributed by atoms with Crippen LogP contribution in [-0.4, -0.2) is 39.2 Å². The smallest absolute Gasteiger partial charge is 0.323 e. The second kappa shape index (κ2) is 6.89. The molecule has 0 atom stereocenters. The normalized spacial score (nSPS) is 17.8. The van der Waals surface area contributed by atoms with Crippen LogP contribution in [-0.2, 0) is 0 Å². The molecule has 1 aliphatic carbocycles. The molecule has 2 aliphatic rings. The molecular weight excluding hydrogens is 357 g/mol. The number of benzene rings is 1. The quantitative estimate of drug-likeness (QED) is 0.709. The maximum absolute atomic E-state index is 13.4. The minimum Gasteiger partial charge on any atom is -0.361 e. The third-order valence-corrected chi connectivity index (χ3v) is 5.81. The maximum Gasteiger partial charge on any atom is 0.323 e. The van der Waals surface area contributed by atoms with Crippen LogP contribution in [0.3, 0.4) is 0 Å². The van der Waals surface area contributed by atoms with Crippen molar-refractivity contribution in [2.75, 3.05) is 18.4 Å². The number of nitrogens with one attached hydrogen (secondary N) is 2. The van der Waals surface area contributed by atoms with E-state index in [0.717, 1.165) is 29.4 Å². The number of halogens is 1. The van der Waals surface area contributed by atoms with Gasteiger partial charge in [-0.2, -0.15) is 5.10 Å². The number of hydrogen-bond donors (Lipinski definition) is 2. The summed E-state index contributed by atoms with van der Waals surface area (Å²) in [6.45, 7) is 1.36. The first-order chi connectivity index (χ1) is 13.7. The van der Waals surface area contributed by atoms with E-state index in [1.54, 1.807) is 0 Å². The van der Waals surface area contributed by atoms with Crippen molar-refractivity contribution < 1.29 is 9.18 Å². The topological polar surface area (TPSA) is 73.9 Å². The lowest BCUT2D eigenvalue weighted by Gasteiger charge is -2.31. The molecule has 0 bridgehead atoms. The van der Waals surface area contributed by atoms with Crippen molar-refractivity contribution in [2.24, 2.45) is 0 Å². The Morgan fingerprint density at radius 3 is 2.61 bits per heavy atom. The lowest BCUT2D eigenvalue weighted by Crippen LogP contribution is -2.40. The highest BCUT2D eigenvalue weighted by molar-refractivity contribution is 5.88. The van der Waals surface area contributed by atoms with Crippen LogP contribution in [0.5, 0.6) is 0 Å². The summed E-state index contributed by atoms with van der Waals surface area (Å²) >= 11 is 0. The first-order valence-electron chi connectivity index (χ1n) is 9.83. The summed E-state index contributed by atoms with van der Waals surface area (Å²) in [7, 11) is 0. The molecule has 1 saturated heterocycles. The van der Waals surface area contributed by atoms with Crippen LogP contribution >= 0.6 is 0 Å². The number of likely N-dealkylation sites (tertiary alicyclic amines) is 1. The van der Waals surface area contributed by atoms with Crippen LogP contribution in [0, 0.1) is 5.82 Å². The van der Waals surface area contributed by atoms with E-state index in [0.29, 0.717) is 30.7 Å². The van der Waals surface area contributed by atoms with Crippen LogP contribution in [0.2, 0.25) is 0 Å². The molecule has 2 amide bonds. The fourth-order valence-electron chi connectivity index (χ4n) is 4.05. The van der Waals surface area contributed by atoms with Gasteiger partial charge in [0.25, 0.3) is 0 Å². The lowest BCUT2D eigenvalue weighted by molar-refractivity contribution is 0.194. The van der Waals surface area contributed by atoms with Crippen molar-refractivity contribution in [3.63, 3.8) is 0 Å².